The molecule has 0 radical (unpaired) electrons. The Morgan fingerprint density at radius 3 is 1.59 bits per heavy atom. The third-order valence-corrected chi connectivity index (χ3v) is 10.3. The summed E-state index contributed by atoms with van der Waals surface area (Å²) in [4.78, 5) is 33.9. The lowest BCUT2D eigenvalue weighted by atomic mass is 10.0. The van der Waals surface area contributed by atoms with Gasteiger partial charge in [-0.3, -0.25) is 18.6 Å². The number of rotatable bonds is 41. The van der Waals surface area contributed by atoms with E-state index in [4.69, 9.17) is 13.8 Å². The van der Waals surface area contributed by atoms with Gasteiger partial charge in [0.15, 0.2) is 0 Å². The number of aliphatic hydroxyl groups excluding tert-OH is 1. The first-order chi connectivity index (χ1) is 26.3. The minimum absolute atomic E-state index is 0.0664. The summed E-state index contributed by atoms with van der Waals surface area (Å²) in [5.74, 6) is -0.542. The van der Waals surface area contributed by atoms with E-state index >= 15 is 0 Å². The highest BCUT2D eigenvalue weighted by atomic mass is 31.2. The zero-order valence-corrected chi connectivity index (χ0v) is 35.6. The van der Waals surface area contributed by atoms with E-state index in [0.717, 1.165) is 64.2 Å². The molecule has 0 saturated heterocycles. The van der Waals surface area contributed by atoms with Gasteiger partial charge in [-0.05, 0) is 44.9 Å². The van der Waals surface area contributed by atoms with Crippen LogP contribution in [0.25, 0.3) is 0 Å². The van der Waals surface area contributed by atoms with E-state index in [1.807, 2.05) is 0 Å². The van der Waals surface area contributed by atoms with Crippen LogP contribution in [-0.4, -0.2) is 54.3 Å². The van der Waals surface area contributed by atoms with Gasteiger partial charge in [-0.15, -0.1) is 0 Å². The van der Waals surface area contributed by atoms with Crippen LogP contribution in [0.1, 0.15) is 200 Å². The fraction of sp³-hybridized carbons (Fsp3) is 0.818. The highest BCUT2D eigenvalue weighted by Gasteiger charge is 2.23. The molecule has 0 fully saturated rings. The number of esters is 1. The summed E-state index contributed by atoms with van der Waals surface area (Å²) < 4.78 is 26.8. The first-order valence-corrected chi connectivity index (χ1v) is 23.5. The molecule has 0 bridgehead atoms. The molecule has 0 aromatic rings. The number of nitrogens with one attached hydrogen (secondary N) is 1. The maximum Gasteiger partial charge on any atom is 0.472 e. The summed E-state index contributed by atoms with van der Waals surface area (Å²) in [6.07, 6.45) is 45.1. The summed E-state index contributed by atoms with van der Waals surface area (Å²) in [5, 5.41) is 12.7. The second-order valence-electron chi connectivity index (χ2n) is 14.6. The Balaban J connectivity index is 3.58. The second-order valence-corrected chi connectivity index (χ2v) is 16.1. The molecule has 0 aromatic heterocycles. The number of unbranched alkanes of at least 4 members (excludes halogenated alkanes) is 22. The van der Waals surface area contributed by atoms with Crippen LogP contribution in [0.15, 0.2) is 36.5 Å². The third kappa shape index (κ3) is 41.4. The summed E-state index contributed by atoms with van der Waals surface area (Å²) in [7, 11) is -4.42. The van der Waals surface area contributed by atoms with Crippen molar-refractivity contribution in [1.82, 2.24) is 5.32 Å². The lowest BCUT2D eigenvalue weighted by Gasteiger charge is -2.15. The van der Waals surface area contributed by atoms with Gasteiger partial charge in [0.2, 0.25) is 5.91 Å². The van der Waals surface area contributed by atoms with Crippen molar-refractivity contribution in [2.24, 2.45) is 0 Å². The molecule has 54 heavy (non-hydrogen) atoms. The Labute approximate surface area is 331 Å². The van der Waals surface area contributed by atoms with E-state index in [-0.39, 0.29) is 32.1 Å². The van der Waals surface area contributed by atoms with Crippen LogP contribution >= 0.6 is 7.82 Å². The maximum atomic E-state index is 12.1. The molecular formula is C44H82NO8P. The lowest BCUT2D eigenvalue weighted by molar-refractivity contribution is -0.147. The number of hydrogen-bond acceptors (Lipinski definition) is 7. The molecule has 2 atom stereocenters. The van der Waals surface area contributed by atoms with Crippen molar-refractivity contribution in [3.05, 3.63) is 36.5 Å². The van der Waals surface area contributed by atoms with Crippen LogP contribution in [0.2, 0.25) is 0 Å². The largest absolute Gasteiger partial charge is 0.472 e. The molecular weight excluding hydrogens is 701 g/mol. The average Bonchev–Trinajstić information content (AvgIpc) is 3.16. The van der Waals surface area contributed by atoms with Crippen LogP contribution in [-0.2, 0) is 27.9 Å². The number of allylic oxidation sites excluding steroid dienone is 6. The lowest BCUT2D eigenvalue weighted by Crippen LogP contribution is -2.27. The number of phosphoric acid groups is 1. The van der Waals surface area contributed by atoms with Gasteiger partial charge < -0.3 is 20.1 Å². The molecule has 316 valence electrons. The quantitative estimate of drug-likeness (QED) is 0.0242. The van der Waals surface area contributed by atoms with E-state index in [1.165, 1.54) is 109 Å². The minimum Gasteiger partial charge on any atom is -0.463 e. The van der Waals surface area contributed by atoms with E-state index < -0.39 is 26.5 Å². The molecule has 0 aliphatic rings. The highest BCUT2D eigenvalue weighted by Crippen LogP contribution is 2.42. The Morgan fingerprint density at radius 1 is 0.593 bits per heavy atom. The fourth-order valence-electron chi connectivity index (χ4n) is 6.04. The molecule has 0 heterocycles. The summed E-state index contributed by atoms with van der Waals surface area (Å²) >= 11 is 0. The zero-order chi connectivity index (χ0) is 39.6. The van der Waals surface area contributed by atoms with Crippen molar-refractivity contribution in [2.75, 3.05) is 26.4 Å². The van der Waals surface area contributed by atoms with Gasteiger partial charge >= 0.3 is 13.8 Å². The molecule has 0 rings (SSSR count). The molecule has 0 saturated carbocycles. The van der Waals surface area contributed by atoms with Crippen molar-refractivity contribution < 1.29 is 37.9 Å². The predicted molar refractivity (Wildman–Crippen MR) is 224 cm³/mol. The van der Waals surface area contributed by atoms with Gasteiger partial charge in [-0.1, -0.05) is 179 Å². The first-order valence-electron chi connectivity index (χ1n) is 22.0. The molecule has 3 N–H and O–H groups in total. The molecule has 0 aliphatic heterocycles. The zero-order valence-electron chi connectivity index (χ0n) is 34.7. The molecule has 2 unspecified atom stereocenters. The van der Waals surface area contributed by atoms with Crippen molar-refractivity contribution >= 4 is 19.7 Å². The normalized spacial score (nSPS) is 13.6. The average molecular weight is 784 g/mol. The van der Waals surface area contributed by atoms with Gasteiger partial charge in [0, 0.05) is 19.4 Å². The van der Waals surface area contributed by atoms with Crippen molar-refractivity contribution in [1.29, 1.82) is 0 Å². The van der Waals surface area contributed by atoms with E-state index in [9.17, 15) is 24.2 Å². The van der Waals surface area contributed by atoms with Gasteiger partial charge in [0.05, 0.1) is 13.2 Å². The van der Waals surface area contributed by atoms with E-state index in [0.29, 0.717) is 6.42 Å². The van der Waals surface area contributed by atoms with Crippen molar-refractivity contribution in [3.8, 4) is 0 Å². The number of carbonyl (C=O) groups is 2. The third-order valence-electron chi connectivity index (χ3n) is 9.33. The molecule has 0 aliphatic carbocycles. The van der Waals surface area contributed by atoms with Crippen molar-refractivity contribution in [2.45, 2.75) is 206 Å². The van der Waals surface area contributed by atoms with Gasteiger partial charge in [-0.25, -0.2) is 4.57 Å². The predicted octanol–water partition coefficient (Wildman–Crippen LogP) is 12.2. The Bertz CT molecular complexity index is 986. The van der Waals surface area contributed by atoms with Gasteiger partial charge in [-0.2, -0.15) is 0 Å². The number of ether oxygens (including phenoxy) is 1. The van der Waals surface area contributed by atoms with E-state index in [1.54, 1.807) is 0 Å². The van der Waals surface area contributed by atoms with Crippen LogP contribution in [0.3, 0.4) is 0 Å². The number of hydrogen-bond donors (Lipinski definition) is 3. The Kier molecular flexibility index (Phi) is 39.5. The molecule has 0 spiro atoms. The summed E-state index contributed by atoms with van der Waals surface area (Å²) in [6.45, 7) is 3.42. The molecule has 1 amide bonds. The number of carbonyl (C=O) groups excluding carboxylic acids is 2. The van der Waals surface area contributed by atoms with Crippen LogP contribution in [0, 0.1) is 0 Å². The number of amides is 1. The SMILES string of the molecule is CC/C=C\C/C=C\C/C=C\CCCCCC(=O)NCCOP(=O)(O)OCC(O)COC(=O)CCCCCCCCCCCCCCCCCCCCCC. The second kappa shape index (κ2) is 40.9. The van der Waals surface area contributed by atoms with Crippen LogP contribution < -0.4 is 5.32 Å². The topological polar surface area (TPSA) is 131 Å². The van der Waals surface area contributed by atoms with Crippen LogP contribution in [0.5, 0.6) is 0 Å². The summed E-state index contributed by atoms with van der Waals surface area (Å²) in [5.41, 5.74) is 0. The fourth-order valence-corrected chi connectivity index (χ4v) is 6.80. The smallest absolute Gasteiger partial charge is 0.463 e. The van der Waals surface area contributed by atoms with E-state index in [2.05, 4.69) is 55.6 Å². The Hall–Kier alpha value is -1.77. The monoisotopic (exact) mass is 784 g/mol. The first kappa shape index (κ1) is 52.2. The number of aliphatic hydroxyl groups is 1. The Morgan fingerprint density at radius 2 is 1.06 bits per heavy atom. The molecule has 9 nitrogen and oxygen atoms in total. The van der Waals surface area contributed by atoms with Gasteiger partial charge in [0.1, 0.15) is 12.7 Å². The summed E-state index contributed by atoms with van der Waals surface area (Å²) in [6, 6.07) is 0. The molecule has 10 heteroatoms. The minimum atomic E-state index is -4.42. The van der Waals surface area contributed by atoms with Crippen LogP contribution in [0.4, 0.5) is 0 Å². The maximum absolute atomic E-state index is 12.1. The highest BCUT2D eigenvalue weighted by molar-refractivity contribution is 7.47. The van der Waals surface area contributed by atoms with Crippen molar-refractivity contribution in [3.63, 3.8) is 0 Å². The molecule has 0 aromatic carbocycles. The van der Waals surface area contributed by atoms with Gasteiger partial charge in [0.25, 0.3) is 0 Å². The number of phosphoric ester groups is 1. The standard InChI is InChI=1S/C44H82NO8P/c1-3-5-7-9-11-13-15-17-18-19-20-21-22-23-25-27-29-31-33-35-37-44(48)51-40-42(46)41-53-54(49,50)52-39-38-45-43(47)36-34-32-30-28-26-24-16-14-12-10-8-6-4-2/h6,8,12,14,24,26,42,46H,3-5,7,9-11,13,15-23,25,27-41H2,1-2H3,(H,45,47)(H,49,50)/b8-6-,14-12-,26-24-.